The Hall–Kier alpha value is -0.910. The van der Waals surface area contributed by atoms with Gasteiger partial charge in [-0.15, -0.1) is 0 Å². The van der Waals surface area contributed by atoms with Crippen LogP contribution in [-0.4, -0.2) is 42.7 Å². The van der Waals surface area contributed by atoms with Gasteiger partial charge in [0.2, 0.25) is 0 Å². The predicted octanol–water partition coefficient (Wildman–Crippen LogP) is 2.19. The van der Waals surface area contributed by atoms with E-state index < -0.39 is 5.97 Å². The molecule has 1 aromatic rings. The van der Waals surface area contributed by atoms with Crippen LogP contribution in [0.25, 0.3) is 0 Å². The van der Waals surface area contributed by atoms with Gasteiger partial charge in [-0.2, -0.15) is 0 Å². The van der Waals surface area contributed by atoms with Gasteiger partial charge in [0.15, 0.2) is 0 Å². The molecule has 100 valence electrons. The minimum atomic E-state index is -0.906. The number of hydrogen-bond acceptors (Lipinski definition) is 3. The summed E-state index contributed by atoms with van der Waals surface area (Å²) in [5.41, 5.74) is 1.36. The van der Waals surface area contributed by atoms with E-state index in [1.54, 1.807) is 12.1 Å². The first-order valence-corrected chi connectivity index (χ1v) is 6.60. The molecule has 1 atom stereocenters. The van der Waals surface area contributed by atoms with E-state index >= 15 is 0 Å². The summed E-state index contributed by atoms with van der Waals surface area (Å²) in [6, 6.07) is 5.55. The second kappa shape index (κ2) is 6.87. The van der Waals surface area contributed by atoms with Gasteiger partial charge in [-0.3, -0.25) is 0 Å². The molecule has 0 saturated carbocycles. The molecule has 18 heavy (non-hydrogen) atoms. The maximum absolute atomic E-state index is 10.8. The summed E-state index contributed by atoms with van der Waals surface area (Å²) in [6.45, 7) is 3.76. The van der Waals surface area contributed by atoms with Crippen molar-refractivity contribution in [2.45, 2.75) is 19.5 Å². The Morgan fingerprint density at radius 3 is 2.67 bits per heavy atom. The number of carboxylic acid groups (broad SMARTS) is 1. The Bertz CT molecular complexity index is 421. The average Bonchev–Trinajstić information content (AvgIpc) is 2.30. The SMILES string of the molecule is CC(CNCc1ccc(C(=O)O)cc1Br)N(C)C. The summed E-state index contributed by atoms with van der Waals surface area (Å²) in [7, 11) is 4.09. The van der Waals surface area contributed by atoms with Gasteiger partial charge in [0, 0.05) is 23.6 Å². The molecule has 5 heteroatoms. The second-order valence-corrected chi connectivity index (χ2v) is 5.41. The smallest absolute Gasteiger partial charge is 0.335 e. The predicted molar refractivity (Wildman–Crippen MR) is 76.0 cm³/mol. The van der Waals surface area contributed by atoms with Crippen molar-refractivity contribution in [1.29, 1.82) is 0 Å². The Morgan fingerprint density at radius 2 is 2.17 bits per heavy atom. The molecule has 0 aliphatic rings. The van der Waals surface area contributed by atoms with Crippen LogP contribution in [-0.2, 0) is 6.54 Å². The fraction of sp³-hybridized carbons (Fsp3) is 0.462. The van der Waals surface area contributed by atoms with Crippen molar-refractivity contribution in [3.63, 3.8) is 0 Å². The van der Waals surface area contributed by atoms with Gasteiger partial charge in [0.25, 0.3) is 0 Å². The molecule has 1 rings (SSSR count). The third kappa shape index (κ3) is 4.40. The number of likely N-dealkylation sites (N-methyl/N-ethyl adjacent to an activating group) is 1. The largest absolute Gasteiger partial charge is 0.478 e. The summed E-state index contributed by atoms with van der Waals surface area (Å²) in [5, 5.41) is 12.2. The maximum Gasteiger partial charge on any atom is 0.335 e. The van der Waals surface area contributed by atoms with E-state index in [9.17, 15) is 4.79 Å². The summed E-state index contributed by atoms with van der Waals surface area (Å²) in [6.07, 6.45) is 0. The number of carboxylic acids is 1. The van der Waals surface area contributed by atoms with Crippen LogP contribution in [0, 0.1) is 0 Å². The highest BCUT2D eigenvalue weighted by Crippen LogP contribution is 2.18. The molecule has 0 spiro atoms. The molecule has 1 unspecified atom stereocenters. The Balaban J connectivity index is 2.56. The van der Waals surface area contributed by atoms with Crippen LogP contribution < -0.4 is 5.32 Å². The normalized spacial score (nSPS) is 12.7. The van der Waals surface area contributed by atoms with Crippen molar-refractivity contribution in [2.24, 2.45) is 0 Å². The molecule has 0 aromatic heterocycles. The monoisotopic (exact) mass is 314 g/mol. The van der Waals surface area contributed by atoms with Crippen LogP contribution in [0.2, 0.25) is 0 Å². The molecule has 0 aliphatic heterocycles. The molecule has 2 N–H and O–H groups in total. The minimum absolute atomic E-state index is 0.298. The van der Waals surface area contributed by atoms with E-state index in [1.165, 1.54) is 0 Å². The van der Waals surface area contributed by atoms with Gasteiger partial charge in [0.05, 0.1) is 5.56 Å². The van der Waals surface area contributed by atoms with Gasteiger partial charge in [-0.1, -0.05) is 22.0 Å². The molecule has 0 amide bonds. The van der Waals surface area contributed by atoms with Gasteiger partial charge in [0.1, 0.15) is 0 Å². The van der Waals surface area contributed by atoms with Crippen molar-refractivity contribution >= 4 is 21.9 Å². The molecular weight excluding hydrogens is 296 g/mol. The maximum atomic E-state index is 10.8. The highest BCUT2D eigenvalue weighted by molar-refractivity contribution is 9.10. The number of benzene rings is 1. The molecule has 0 bridgehead atoms. The summed E-state index contributed by atoms with van der Waals surface area (Å²) in [5.74, 6) is -0.906. The topological polar surface area (TPSA) is 52.6 Å². The summed E-state index contributed by atoms with van der Waals surface area (Å²) < 4.78 is 0.826. The van der Waals surface area contributed by atoms with Crippen LogP contribution in [0.5, 0.6) is 0 Å². The first-order chi connectivity index (χ1) is 8.41. The lowest BCUT2D eigenvalue weighted by molar-refractivity contribution is 0.0697. The van der Waals surface area contributed by atoms with E-state index in [0.29, 0.717) is 11.6 Å². The second-order valence-electron chi connectivity index (χ2n) is 4.55. The Kier molecular flexibility index (Phi) is 5.78. The van der Waals surface area contributed by atoms with Gasteiger partial charge in [-0.05, 0) is 38.7 Å². The zero-order chi connectivity index (χ0) is 13.7. The van der Waals surface area contributed by atoms with Crippen LogP contribution >= 0.6 is 15.9 Å². The van der Waals surface area contributed by atoms with Crippen LogP contribution in [0.4, 0.5) is 0 Å². The molecule has 4 nitrogen and oxygen atoms in total. The molecule has 0 radical (unpaired) electrons. The number of carbonyl (C=O) groups is 1. The van der Waals surface area contributed by atoms with Crippen LogP contribution in [0.1, 0.15) is 22.8 Å². The van der Waals surface area contributed by atoms with Crippen molar-refractivity contribution in [3.05, 3.63) is 33.8 Å². The number of rotatable bonds is 6. The molecular formula is C13H19BrN2O2. The Morgan fingerprint density at radius 1 is 1.50 bits per heavy atom. The van der Waals surface area contributed by atoms with Crippen molar-refractivity contribution < 1.29 is 9.90 Å². The average molecular weight is 315 g/mol. The van der Waals surface area contributed by atoms with Crippen molar-refractivity contribution in [1.82, 2.24) is 10.2 Å². The van der Waals surface area contributed by atoms with E-state index in [2.05, 4.69) is 33.1 Å². The summed E-state index contributed by atoms with van der Waals surface area (Å²) >= 11 is 3.40. The zero-order valence-electron chi connectivity index (χ0n) is 10.9. The number of nitrogens with zero attached hydrogens (tertiary/aromatic N) is 1. The van der Waals surface area contributed by atoms with Crippen LogP contribution in [0.3, 0.4) is 0 Å². The number of halogens is 1. The highest BCUT2D eigenvalue weighted by atomic mass is 79.9. The third-order valence-corrected chi connectivity index (χ3v) is 3.67. The lowest BCUT2D eigenvalue weighted by Crippen LogP contribution is -2.35. The fourth-order valence-electron chi connectivity index (χ4n) is 1.42. The number of nitrogens with one attached hydrogen (secondary N) is 1. The molecule has 1 aromatic carbocycles. The third-order valence-electron chi connectivity index (χ3n) is 2.94. The first kappa shape index (κ1) is 15.1. The number of aromatic carboxylic acids is 1. The highest BCUT2D eigenvalue weighted by Gasteiger charge is 2.07. The first-order valence-electron chi connectivity index (χ1n) is 5.80. The molecule has 0 aliphatic carbocycles. The fourth-order valence-corrected chi connectivity index (χ4v) is 1.94. The lowest BCUT2D eigenvalue weighted by Gasteiger charge is -2.20. The summed E-state index contributed by atoms with van der Waals surface area (Å²) in [4.78, 5) is 12.9. The van der Waals surface area contributed by atoms with Gasteiger partial charge >= 0.3 is 5.97 Å². The minimum Gasteiger partial charge on any atom is -0.478 e. The molecule has 0 fully saturated rings. The van der Waals surface area contributed by atoms with Crippen LogP contribution in [0.15, 0.2) is 22.7 Å². The van der Waals surface area contributed by atoms with E-state index in [4.69, 9.17) is 5.11 Å². The number of hydrogen-bond donors (Lipinski definition) is 2. The van der Waals surface area contributed by atoms with Gasteiger partial charge < -0.3 is 15.3 Å². The Labute approximate surface area is 116 Å². The molecule has 0 heterocycles. The zero-order valence-corrected chi connectivity index (χ0v) is 12.5. The van der Waals surface area contributed by atoms with Crippen molar-refractivity contribution in [3.8, 4) is 0 Å². The van der Waals surface area contributed by atoms with E-state index in [-0.39, 0.29) is 0 Å². The standard InChI is InChI=1S/C13H19BrN2O2/c1-9(16(2)3)7-15-8-11-5-4-10(13(17)18)6-12(11)14/h4-6,9,15H,7-8H2,1-3H3,(H,17,18). The van der Waals surface area contributed by atoms with Crippen molar-refractivity contribution in [2.75, 3.05) is 20.6 Å². The molecule has 0 saturated heterocycles. The van der Waals surface area contributed by atoms with E-state index in [0.717, 1.165) is 23.1 Å². The van der Waals surface area contributed by atoms with Gasteiger partial charge in [-0.25, -0.2) is 4.79 Å². The quantitative estimate of drug-likeness (QED) is 0.845. The van der Waals surface area contributed by atoms with E-state index in [1.807, 2.05) is 20.2 Å². The lowest BCUT2D eigenvalue weighted by atomic mass is 10.1.